The third kappa shape index (κ3) is 2.98. The molecule has 114 valence electrons. The molecule has 0 unspecified atom stereocenters. The molecule has 1 aliphatic heterocycles. The second-order valence-electron chi connectivity index (χ2n) is 4.67. The fraction of sp³-hybridized carbons (Fsp3) is 0. The molecule has 1 aliphatic rings. The molecule has 23 heavy (non-hydrogen) atoms. The molecule has 0 saturated heterocycles. The summed E-state index contributed by atoms with van der Waals surface area (Å²) in [5, 5.41) is 11.0. The van der Waals surface area contributed by atoms with Crippen LogP contribution in [0.4, 0.5) is 10.1 Å². The van der Waals surface area contributed by atoms with Crippen molar-refractivity contribution < 1.29 is 18.8 Å². The van der Waals surface area contributed by atoms with Crippen LogP contribution in [-0.2, 0) is 9.53 Å². The van der Waals surface area contributed by atoms with Gasteiger partial charge in [0.2, 0.25) is 5.90 Å². The number of ether oxygens (including phenoxy) is 1. The SMILES string of the molecule is O=C1OC(c2ccccc2[N+](=O)[O-])=NC1=Cc1cccc(F)c1. The third-order valence-electron chi connectivity index (χ3n) is 3.10. The lowest BCUT2D eigenvalue weighted by Crippen LogP contribution is -2.07. The molecule has 0 aromatic heterocycles. The Morgan fingerprint density at radius 2 is 1.96 bits per heavy atom. The molecule has 0 saturated carbocycles. The number of carbonyl (C=O) groups is 1. The second kappa shape index (κ2) is 5.80. The van der Waals surface area contributed by atoms with E-state index in [0.717, 1.165) is 0 Å². The number of nitrogens with zero attached hydrogens (tertiary/aromatic N) is 2. The molecule has 2 aromatic carbocycles. The molecule has 0 spiro atoms. The number of carbonyl (C=O) groups excluding carboxylic acids is 1. The van der Waals surface area contributed by atoms with Crippen molar-refractivity contribution in [2.45, 2.75) is 0 Å². The number of esters is 1. The molecule has 2 aromatic rings. The van der Waals surface area contributed by atoms with Gasteiger partial charge in [0.1, 0.15) is 11.4 Å². The molecule has 0 bridgehead atoms. The highest BCUT2D eigenvalue weighted by Gasteiger charge is 2.28. The summed E-state index contributed by atoms with van der Waals surface area (Å²) in [5.74, 6) is -1.35. The highest BCUT2D eigenvalue weighted by Crippen LogP contribution is 2.25. The van der Waals surface area contributed by atoms with Crippen LogP contribution in [0.5, 0.6) is 0 Å². The largest absolute Gasteiger partial charge is 0.402 e. The van der Waals surface area contributed by atoms with Crippen molar-refractivity contribution in [1.82, 2.24) is 0 Å². The van der Waals surface area contributed by atoms with Crippen molar-refractivity contribution in [3.63, 3.8) is 0 Å². The number of aliphatic imine (C=N–C) groups is 1. The Morgan fingerprint density at radius 1 is 1.17 bits per heavy atom. The Hall–Kier alpha value is -3.35. The lowest BCUT2D eigenvalue weighted by Gasteiger charge is -2.00. The van der Waals surface area contributed by atoms with Gasteiger partial charge in [0, 0.05) is 6.07 Å². The van der Waals surface area contributed by atoms with Crippen LogP contribution < -0.4 is 0 Å². The van der Waals surface area contributed by atoms with Crippen molar-refractivity contribution in [1.29, 1.82) is 0 Å². The molecule has 6 nitrogen and oxygen atoms in total. The minimum Gasteiger partial charge on any atom is -0.402 e. The molecule has 0 amide bonds. The number of benzene rings is 2. The van der Waals surface area contributed by atoms with Crippen molar-refractivity contribution >= 4 is 23.6 Å². The average molecular weight is 312 g/mol. The summed E-state index contributed by atoms with van der Waals surface area (Å²) < 4.78 is 18.2. The van der Waals surface area contributed by atoms with Crippen LogP contribution >= 0.6 is 0 Å². The average Bonchev–Trinajstić information content (AvgIpc) is 2.88. The Morgan fingerprint density at radius 3 is 2.70 bits per heavy atom. The summed E-state index contributed by atoms with van der Waals surface area (Å²) in [6.45, 7) is 0. The Kier molecular flexibility index (Phi) is 3.68. The summed E-state index contributed by atoms with van der Waals surface area (Å²) in [4.78, 5) is 26.3. The molecule has 0 fully saturated rings. The van der Waals surface area contributed by atoms with Gasteiger partial charge in [0.15, 0.2) is 5.70 Å². The van der Waals surface area contributed by atoms with E-state index in [9.17, 15) is 19.3 Å². The van der Waals surface area contributed by atoms with Gasteiger partial charge in [-0.25, -0.2) is 14.2 Å². The van der Waals surface area contributed by atoms with Gasteiger partial charge in [0.25, 0.3) is 5.69 Å². The third-order valence-corrected chi connectivity index (χ3v) is 3.10. The van der Waals surface area contributed by atoms with Gasteiger partial charge in [0.05, 0.1) is 4.92 Å². The number of rotatable bonds is 3. The number of nitro benzene ring substituents is 1. The van der Waals surface area contributed by atoms with Crippen molar-refractivity contribution in [2.24, 2.45) is 4.99 Å². The zero-order valence-corrected chi connectivity index (χ0v) is 11.6. The molecule has 0 N–H and O–H groups in total. The number of hydrogen-bond donors (Lipinski definition) is 0. The van der Waals surface area contributed by atoms with Crippen molar-refractivity contribution in [3.8, 4) is 0 Å². The fourth-order valence-corrected chi connectivity index (χ4v) is 2.09. The zero-order valence-electron chi connectivity index (χ0n) is 11.6. The van der Waals surface area contributed by atoms with E-state index in [1.165, 1.54) is 42.5 Å². The van der Waals surface area contributed by atoms with E-state index < -0.39 is 16.7 Å². The molecular formula is C16H9FN2O4. The van der Waals surface area contributed by atoms with Gasteiger partial charge < -0.3 is 4.74 Å². The number of hydrogen-bond acceptors (Lipinski definition) is 5. The van der Waals surface area contributed by atoms with Gasteiger partial charge in [-0.15, -0.1) is 0 Å². The smallest absolute Gasteiger partial charge is 0.363 e. The van der Waals surface area contributed by atoms with E-state index in [2.05, 4.69) is 4.99 Å². The lowest BCUT2D eigenvalue weighted by atomic mass is 10.2. The number of para-hydroxylation sites is 1. The number of cyclic esters (lactones) is 1. The van der Waals surface area contributed by atoms with Crippen LogP contribution in [0.3, 0.4) is 0 Å². The van der Waals surface area contributed by atoms with Gasteiger partial charge in [-0.1, -0.05) is 24.3 Å². The minimum absolute atomic E-state index is 0.0521. The second-order valence-corrected chi connectivity index (χ2v) is 4.67. The summed E-state index contributed by atoms with van der Waals surface area (Å²) in [6, 6.07) is 11.4. The monoisotopic (exact) mass is 312 g/mol. The summed E-state index contributed by atoms with van der Waals surface area (Å²) >= 11 is 0. The first kappa shape index (κ1) is 14.6. The maximum Gasteiger partial charge on any atom is 0.363 e. The van der Waals surface area contributed by atoms with Crippen LogP contribution in [0.1, 0.15) is 11.1 Å². The van der Waals surface area contributed by atoms with Crippen molar-refractivity contribution in [3.05, 3.63) is 81.3 Å². The summed E-state index contributed by atoms with van der Waals surface area (Å²) in [6.07, 6.45) is 1.35. The quantitative estimate of drug-likeness (QED) is 0.377. The highest BCUT2D eigenvalue weighted by molar-refractivity contribution is 6.14. The van der Waals surface area contributed by atoms with E-state index in [0.29, 0.717) is 5.56 Å². The van der Waals surface area contributed by atoms with E-state index in [1.807, 2.05) is 0 Å². The van der Waals surface area contributed by atoms with E-state index in [1.54, 1.807) is 12.1 Å². The number of halogens is 1. The molecule has 0 atom stereocenters. The molecule has 1 heterocycles. The topological polar surface area (TPSA) is 81.8 Å². The Labute approximate surface area is 129 Å². The van der Waals surface area contributed by atoms with Gasteiger partial charge in [-0.3, -0.25) is 10.1 Å². The maximum absolute atomic E-state index is 13.2. The normalized spacial score (nSPS) is 15.4. The molecule has 0 radical (unpaired) electrons. The lowest BCUT2D eigenvalue weighted by molar-refractivity contribution is -0.385. The minimum atomic E-state index is -0.748. The fourth-order valence-electron chi connectivity index (χ4n) is 2.09. The predicted molar refractivity (Wildman–Crippen MR) is 80.1 cm³/mol. The van der Waals surface area contributed by atoms with E-state index in [-0.39, 0.29) is 22.8 Å². The zero-order chi connectivity index (χ0) is 16.4. The van der Waals surface area contributed by atoms with Crippen LogP contribution in [0.15, 0.2) is 59.2 Å². The van der Waals surface area contributed by atoms with Gasteiger partial charge >= 0.3 is 5.97 Å². The highest BCUT2D eigenvalue weighted by atomic mass is 19.1. The predicted octanol–water partition coefficient (Wildman–Crippen LogP) is 3.08. The molecular weight excluding hydrogens is 303 g/mol. The Bertz CT molecular complexity index is 874. The van der Waals surface area contributed by atoms with Crippen LogP contribution in [0.25, 0.3) is 6.08 Å². The number of nitro groups is 1. The molecule has 0 aliphatic carbocycles. The van der Waals surface area contributed by atoms with Crippen LogP contribution in [0, 0.1) is 15.9 Å². The first-order chi connectivity index (χ1) is 11.0. The van der Waals surface area contributed by atoms with Crippen molar-refractivity contribution in [2.75, 3.05) is 0 Å². The molecule has 7 heteroatoms. The summed E-state index contributed by atoms with van der Waals surface area (Å²) in [5.41, 5.74) is 0.271. The first-order valence-electron chi connectivity index (χ1n) is 6.56. The maximum atomic E-state index is 13.2. The molecule has 3 rings (SSSR count). The van der Waals surface area contributed by atoms with Crippen LogP contribution in [-0.4, -0.2) is 16.8 Å². The standard InChI is InChI=1S/C16H9FN2O4/c17-11-5-3-4-10(8-11)9-13-16(20)23-15(18-13)12-6-1-2-7-14(12)19(21)22/h1-9H. The van der Waals surface area contributed by atoms with Gasteiger partial charge in [-0.2, -0.15) is 0 Å². The first-order valence-corrected chi connectivity index (χ1v) is 6.56. The Balaban J connectivity index is 2.01. The van der Waals surface area contributed by atoms with E-state index in [4.69, 9.17) is 4.74 Å². The van der Waals surface area contributed by atoms with Gasteiger partial charge in [-0.05, 0) is 29.8 Å². The van der Waals surface area contributed by atoms with Crippen LogP contribution in [0.2, 0.25) is 0 Å². The van der Waals surface area contributed by atoms with E-state index >= 15 is 0 Å². The summed E-state index contributed by atoms with van der Waals surface area (Å²) in [7, 11) is 0.